The van der Waals surface area contributed by atoms with Crippen LogP contribution in [-0.2, 0) is 9.53 Å². The van der Waals surface area contributed by atoms with Gasteiger partial charge in [-0.25, -0.2) is 4.79 Å². The molecule has 1 N–H and O–H groups in total. The predicted octanol–water partition coefficient (Wildman–Crippen LogP) is 2.95. The zero-order chi connectivity index (χ0) is 14.4. The first kappa shape index (κ1) is 15.8. The van der Waals surface area contributed by atoms with Crippen LogP contribution < -0.4 is 10.1 Å². The predicted molar refractivity (Wildman–Crippen MR) is 75.6 cm³/mol. The Kier molecular flexibility index (Phi) is 6.12. The number of esters is 1. The molecule has 4 nitrogen and oxygen atoms in total. The Bertz CT molecular complexity index is 435. The van der Waals surface area contributed by atoms with Gasteiger partial charge >= 0.3 is 5.97 Å². The van der Waals surface area contributed by atoms with E-state index < -0.39 is 0 Å². The molecule has 0 fully saturated rings. The van der Waals surface area contributed by atoms with Gasteiger partial charge in [-0.1, -0.05) is 11.6 Å². The summed E-state index contributed by atoms with van der Waals surface area (Å²) >= 11 is 5.97. The minimum absolute atomic E-state index is 0.0785. The molecule has 0 aromatic heterocycles. The summed E-state index contributed by atoms with van der Waals surface area (Å²) in [7, 11) is 1.85. The average Bonchev–Trinajstić information content (AvgIpc) is 2.35. The molecule has 106 valence electrons. The van der Waals surface area contributed by atoms with E-state index in [-0.39, 0.29) is 24.7 Å². The van der Waals surface area contributed by atoms with Gasteiger partial charge in [0.1, 0.15) is 5.75 Å². The summed E-state index contributed by atoms with van der Waals surface area (Å²) in [5.41, 5.74) is 0.910. The normalized spacial score (nSPS) is 12.3. The lowest BCUT2D eigenvalue weighted by molar-refractivity contribution is -0.149. The molecule has 0 saturated carbocycles. The maximum absolute atomic E-state index is 11.5. The quantitative estimate of drug-likeness (QED) is 0.817. The van der Waals surface area contributed by atoms with E-state index in [9.17, 15) is 4.79 Å². The number of carbonyl (C=O) groups excluding carboxylic acids is 1. The summed E-state index contributed by atoms with van der Waals surface area (Å²) in [4.78, 5) is 11.5. The SMILES string of the molecule is CNC(C)c1cc(Cl)ccc1OCC(=O)OC(C)C. The number of ether oxygens (including phenoxy) is 2. The molecule has 0 bridgehead atoms. The zero-order valence-corrected chi connectivity index (χ0v) is 12.5. The summed E-state index contributed by atoms with van der Waals surface area (Å²) < 4.78 is 10.5. The molecule has 0 radical (unpaired) electrons. The first-order valence-corrected chi connectivity index (χ1v) is 6.60. The van der Waals surface area contributed by atoms with Crippen LogP contribution >= 0.6 is 11.6 Å². The van der Waals surface area contributed by atoms with Crippen molar-refractivity contribution in [2.75, 3.05) is 13.7 Å². The number of hydrogen-bond donors (Lipinski definition) is 1. The molecule has 0 aliphatic heterocycles. The van der Waals surface area contributed by atoms with Gasteiger partial charge in [0.15, 0.2) is 6.61 Å². The van der Waals surface area contributed by atoms with E-state index in [0.29, 0.717) is 10.8 Å². The molecule has 1 aromatic carbocycles. The van der Waals surface area contributed by atoms with Crippen LogP contribution in [-0.4, -0.2) is 25.7 Å². The number of benzene rings is 1. The van der Waals surface area contributed by atoms with Crippen molar-refractivity contribution in [3.63, 3.8) is 0 Å². The number of carbonyl (C=O) groups is 1. The van der Waals surface area contributed by atoms with Crippen molar-refractivity contribution >= 4 is 17.6 Å². The zero-order valence-electron chi connectivity index (χ0n) is 11.7. The van der Waals surface area contributed by atoms with Crippen LogP contribution in [0.5, 0.6) is 5.75 Å². The van der Waals surface area contributed by atoms with Gasteiger partial charge < -0.3 is 14.8 Å². The third-order valence-corrected chi connectivity index (χ3v) is 2.82. The van der Waals surface area contributed by atoms with Gasteiger partial charge in [0.05, 0.1) is 6.10 Å². The van der Waals surface area contributed by atoms with Crippen LogP contribution in [0.3, 0.4) is 0 Å². The van der Waals surface area contributed by atoms with E-state index in [0.717, 1.165) is 5.56 Å². The summed E-state index contributed by atoms with van der Waals surface area (Å²) in [5, 5.41) is 3.75. The smallest absolute Gasteiger partial charge is 0.344 e. The van der Waals surface area contributed by atoms with Crippen LogP contribution in [0.4, 0.5) is 0 Å². The average molecular weight is 286 g/mol. The minimum Gasteiger partial charge on any atom is -0.482 e. The molecule has 0 heterocycles. The largest absolute Gasteiger partial charge is 0.482 e. The van der Waals surface area contributed by atoms with E-state index in [4.69, 9.17) is 21.1 Å². The fourth-order valence-electron chi connectivity index (χ4n) is 1.58. The monoisotopic (exact) mass is 285 g/mol. The third-order valence-electron chi connectivity index (χ3n) is 2.58. The summed E-state index contributed by atoms with van der Waals surface area (Å²) in [5.74, 6) is 0.250. The number of hydrogen-bond acceptors (Lipinski definition) is 4. The second-order valence-corrected chi connectivity index (χ2v) is 4.96. The van der Waals surface area contributed by atoms with Gasteiger partial charge in [0, 0.05) is 16.6 Å². The molecule has 0 amide bonds. The molecule has 1 rings (SSSR count). The Hall–Kier alpha value is -1.26. The van der Waals surface area contributed by atoms with Crippen molar-refractivity contribution in [1.82, 2.24) is 5.32 Å². The van der Waals surface area contributed by atoms with Gasteiger partial charge in [-0.2, -0.15) is 0 Å². The number of nitrogens with one attached hydrogen (secondary N) is 1. The van der Waals surface area contributed by atoms with Crippen molar-refractivity contribution in [2.24, 2.45) is 0 Å². The van der Waals surface area contributed by atoms with Crippen molar-refractivity contribution in [1.29, 1.82) is 0 Å². The Morgan fingerprint density at radius 2 is 2.05 bits per heavy atom. The van der Waals surface area contributed by atoms with Gasteiger partial charge in [-0.05, 0) is 46.0 Å². The van der Waals surface area contributed by atoms with Crippen LogP contribution in [0, 0.1) is 0 Å². The molecule has 19 heavy (non-hydrogen) atoms. The Morgan fingerprint density at radius 1 is 1.37 bits per heavy atom. The molecular formula is C14H20ClNO3. The summed E-state index contributed by atoms with van der Waals surface area (Å²) in [6.07, 6.45) is -0.142. The molecule has 0 spiro atoms. The van der Waals surface area contributed by atoms with Crippen LogP contribution in [0.25, 0.3) is 0 Å². The third kappa shape index (κ3) is 5.09. The highest BCUT2D eigenvalue weighted by atomic mass is 35.5. The molecule has 0 saturated heterocycles. The number of rotatable bonds is 6. The lowest BCUT2D eigenvalue weighted by Crippen LogP contribution is -2.20. The van der Waals surface area contributed by atoms with Gasteiger partial charge in [0.2, 0.25) is 0 Å². The highest BCUT2D eigenvalue weighted by molar-refractivity contribution is 6.30. The van der Waals surface area contributed by atoms with Crippen LogP contribution in [0.15, 0.2) is 18.2 Å². The summed E-state index contributed by atoms with van der Waals surface area (Å²) in [6, 6.07) is 5.39. The van der Waals surface area contributed by atoms with Crippen LogP contribution in [0.2, 0.25) is 5.02 Å². The molecule has 1 atom stereocenters. The fraction of sp³-hybridized carbons (Fsp3) is 0.500. The fourth-order valence-corrected chi connectivity index (χ4v) is 1.76. The van der Waals surface area contributed by atoms with Crippen molar-refractivity contribution < 1.29 is 14.3 Å². The molecule has 0 aliphatic carbocycles. The Labute approximate surface area is 119 Å². The van der Waals surface area contributed by atoms with E-state index in [1.807, 2.05) is 20.0 Å². The first-order chi connectivity index (χ1) is 8.93. The highest BCUT2D eigenvalue weighted by Gasteiger charge is 2.13. The van der Waals surface area contributed by atoms with Gasteiger partial charge in [-0.15, -0.1) is 0 Å². The van der Waals surface area contributed by atoms with E-state index in [1.54, 1.807) is 26.0 Å². The summed E-state index contributed by atoms with van der Waals surface area (Å²) in [6.45, 7) is 5.48. The first-order valence-electron chi connectivity index (χ1n) is 6.23. The Balaban J connectivity index is 2.75. The minimum atomic E-state index is -0.381. The van der Waals surface area contributed by atoms with Gasteiger partial charge in [0.25, 0.3) is 0 Å². The van der Waals surface area contributed by atoms with Crippen molar-refractivity contribution in [3.8, 4) is 5.75 Å². The highest BCUT2D eigenvalue weighted by Crippen LogP contribution is 2.28. The molecule has 5 heteroatoms. The second-order valence-electron chi connectivity index (χ2n) is 4.52. The standard InChI is InChI=1S/C14H20ClNO3/c1-9(2)19-14(17)8-18-13-6-5-11(15)7-12(13)10(3)16-4/h5-7,9-10,16H,8H2,1-4H3. The van der Waals surface area contributed by atoms with Gasteiger partial charge in [-0.3, -0.25) is 0 Å². The van der Waals surface area contributed by atoms with Crippen molar-refractivity contribution in [2.45, 2.75) is 32.9 Å². The Morgan fingerprint density at radius 3 is 2.63 bits per heavy atom. The molecule has 1 aromatic rings. The topological polar surface area (TPSA) is 47.6 Å². The molecule has 0 aliphatic rings. The maximum atomic E-state index is 11.5. The number of halogens is 1. The van der Waals surface area contributed by atoms with E-state index in [2.05, 4.69) is 5.32 Å². The maximum Gasteiger partial charge on any atom is 0.344 e. The van der Waals surface area contributed by atoms with E-state index in [1.165, 1.54) is 0 Å². The molecule has 1 unspecified atom stereocenters. The van der Waals surface area contributed by atoms with Crippen molar-refractivity contribution in [3.05, 3.63) is 28.8 Å². The second kappa shape index (κ2) is 7.36. The van der Waals surface area contributed by atoms with E-state index >= 15 is 0 Å². The molecular weight excluding hydrogens is 266 g/mol. The van der Waals surface area contributed by atoms with Crippen LogP contribution in [0.1, 0.15) is 32.4 Å². The lowest BCUT2D eigenvalue weighted by atomic mass is 10.1. The lowest BCUT2D eigenvalue weighted by Gasteiger charge is -2.17.